The van der Waals surface area contributed by atoms with Crippen molar-refractivity contribution in [1.82, 2.24) is 19.5 Å². The third-order valence-electron chi connectivity index (χ3n) is 8.98. The second-order valence-corrected chi connectivity index (χ2v) is 12.3. The quantitative estimate of drug-likeness (QED) is 0.153. The zero-order valence-corrected chi connectivity index (χ0v) is 26.0. The third kappa shape index (κ3) is 4.55. The standard InChI is InChI=1S/C37H35BN4O2/c1-7-14-24(8-2)33-39-34(26-16-10-9-11-17-26)41-35(40-33)42-30-22-20-27(38-43-36(3,4)37(5,6)44-38)23-29(30)32-28-18-13-12-15-25(28)19-21-31(32)42/h7-23H,1-6H3/b14-7-,24-8+. The van der Waals surface area contributed by atoms with Gasteiger partial charge in [-0.15, -0.1) is 0 Å². The van der Waals surface area contributed by atoms with E-state index >= 15 is 0 Å². The molecule has 3 heterocycles. The largest absolute Gasteiger partial charge is 0.494 e. The Kier molecular flexibility index (Phi) is 6.76. The van der Waals surface area contributed by atoms with Gasteiger partial charge in [-0.2, -0.15) is 9.97 Å². The molecule has 0 atom stereocenters. The van der Waals surface area contributed by atoms with E-state index in [1.165, 1.54) is 10.8 Å². The number of aromatic nitrogens is 4. The Morgan fingerprint density at radius 1 is 0.750 bits per heavy atom. The maximum absolute atomic E-state index is 6.46. The number of benzene rings is 4. The van der Waals surface area contributed by atoms with Gasteiger partial charge in [-0.3, -0.25) is 4.57 Å². The highest BCUT2D eigenvalue weighted by Gasteiger charge is 2.51. The van der Waals surface area contributed by atoms with Gasteiger partial charge in [0.1, 0.15) is 0 Å². The third-order valence-corrected chi connectivity index (χ3v) is 8.98. The van der Waals surface area contributed by atoms with Crippen LogP contribution in [0.3, 0.4) is 0 Å². The van der Waals surface area contributed by atoms with Crippen molar-refractivity contribution in [3.63, 3.8) is 0 Å². The van der Waals surface area contributed by atoms with Gasteiger partial charge in [-0.1, -0.05) is 91.0 Å². The lowest BCUT2D eigenvalue weighted by molar-refractivity contribution is 0.00578. The minimum absolute atomic E-state index is 0.431. The zero-order chi connectivity index (χ0) is 30.6. The molecule has 6 aromatic rings. The lowest BCUT2D eigenvalue weighted by Crippen LogP contribution is -2.41. The van der Waals surface area contributed by atoms with Crippen LogP contribution in [-0.2, 0) is 9.31 Å². The van der Waals surface area contributed by atoms with Crippen molar-refractivity contribution in [2.75, 3.05) is 0 Å². The van der Waals surface area contributed by atoms with E-state index in [4.69, 9.17) is 24.3 Å². The lowest BCUT2D eigenvalue weighted by Gasteiger charge is -2.32. The van der Waals surface area contributed by atoms with Gasteiger partial charge < -0.3 is 9.31 Å². The minimum Gasteiger partial charge on any atom is -0.399 e. The van der Waals surface area contributed by atoms with E-state index < -0.39 is 18.3 Å². The van der Waals surface area contributed by atoms with Crippen molar-refractivity contribution < 1.29 is 9.31 Å². The highest BCUT2D eigenvalue weighted by molar-refractivity contribution is 6.62. The first kappa shape index (κ1) is 28.2. The molecule has 2 aromatic heterocycles. The molecule has 0 aliphatic carbocycles. The summed E-state index contributed by atoms with van der Waals surface area (Å²) in [6.45, 7) is 12.3. The fourth-order valence-corrected chi connectivity index (χ4v) is 5.94. The summed E-state index contributed by atoms with van der Waals surface area (Å²) in [5.74, 6) is 1.81. The van der Waals surface area contributed by atoms with Gasteiger partial charge in [-0.25, -0.2) is 4.98 Å². The number of allylic oxidation sites excluding steroid dienone is 4. The molecular weight excluding hydrogens is 543 g/mol. The van der Waals surface area contributed by atoms with Gasteiger partial charge in [0.15, 0.2) is 11.6 Å². The number of hydrogen-bond donors (Lipinski definition) is 0. The molecule has 7 rings (SSSR count). The Morgan fingerprint density at radius 2 is 1.45 bits per heavy atom. The predicted molar refractivity (Wildman–Crippen MR) is 181 cm³/mol. The van der Waals surface area contributed by atoms with E-state index in [0.29, 0.717) is 17.6 Å². The molecule has 6 nitrogen and oxygen atoms in total. The van der Waals surface area contributed by atoms with Crippen LogP contribution in [0.5, 0.6) is 0 Å². The van der Waals surface area contributed by atoms with Crippen LogP contribution in [0.15, 0.2) is 103 Å². The molecule has 1 aliphatic rings. The molecule has 44 heavy (non-hydrogen) atoms. The number of nitrogens with zero attached hydrogens (tertiary/aromatic N) is 4. The maximum Gasteiger partial charge on any atom is 0.494 e. The van der Waals surface area contributed by atoms with Crippen molar-refractivity contribution >= 4 is 50.7 Å². The monoisotopic (exact) mass is 578 g/mol. The normalized spacial score (nSPS) is 16.6. The van der Waals surface area contributed by atoms with Gasteiger partial charge in [-0.05, 0) is 69.9 Å². The van der Waals surface area contributed by atoms with E-state index in [1.807, 2.05) is 62.4 Å². The minimum atomic E-state index is -0.468. The molecule has 218 valence electrons. The topological polar surface area (TPSA) is 62.1 Å². The van der Waals surface area contributed by atoms with Crippen molar-refractivity contribution in [2.24, 2.45) is 0 Å². The molecule has 1 aliphatic heterocycles. The molecule has 0 amide bonds. The first-order chi connectivity index (χ1) is 21.2. The van der Waals surface area contributed by atoms with E-state index in [0.717, 1.165) is 38.4 Å². The van der Waals surface area contributed by atoms with Crippen LogP contribution < -0.4 is 5.46 Å². The predicted octanol–water partition coefficient (Wildman–Crippen LogP) is 8.07. The molecule has 1 saturated heterocycles. The van der Waals surface area contributed by atoms with Crippen LogP contribution in [0.2, 0.25) is 0 Å². The zero-order valence-electron chi connectivity index (χ0n) is 26.0. The first-order valence-electron chi connectivity index (χ1n) is 15.1. The maximum atomic E-state index is 6.46. The summed E-state index contributed by atoms with van der Waals surface area (Å²) in [5, 5.41) is 4.57. The van der Waals surface area contributed by atoms with Crippen LogP contribution in [0.1, 0.15) is 47.4 Å². The fraction of sp³-hybridized carbons (Fsp3) is 0.216. The Labute approximate surface area is 258 Å². The van der Waals surface area contributed by atoms with E-state index in [1.54, 1.807) is 0 Å². The smallest absolute Gasteiger partial charge is 0.399 e. The van der Waals surface area contributed by atoms with Crippen LogP contribution in [0.4, 0.5) is 0 Å². The van der Waals surface area contributed by atoms with Crippen LogP contribution in [-0.4, -0.2) is 37.8 Å². The summed E-state index contributed by atoms with van der Waals surface area (Å²) in [5.41, 5.74) is 4.01. The van der Waals surface area contributed by atoms with Crippen molar-refractivity contribution in [3.8, 4) is 17.3 Å². The van der Waals surface area contributed by atoms with Gasteiger partial charge >= 0.3 is 7.12 Å². The molecule has 0 spiro atoms. The van der Waals surface area contributed by atoms with Crippen molar-refractivity contribution in [3.05, 3.63) is 109 Å². The summed E-state index contributed by atoms with van der Waals surface area (Å²) < 4.78 is 15.1. The lowest BCUT2D eigenvalue weighted by atomic mass is 9.78. The Hall–Kier alpha value is -4.59. The van der Waals surface area contributed by atoms with Crippen molar-refractivity contribution in [2.45, 2.75) is 52.7 Å². The molecule has 0 unspecified atom stereocenters. The van der Waals surface area contributed by atoms with Gasteiger partial charge in [0.05, 0.1) is 22.2 Å². The second kappa shape index (κ2) is 10.5. The van der Waals surface area contributed by atoms with Crippen LogP contribution >= 0.6 is 0 Å². The average Bonchev–Trinajstić information content (AvgIpc) is 3.48. The Bertz CT molecular complexity index is 2100. The van der Waals surface area contributed by atoms with E-state index in [9.17, 15) is 0 Å². The van der Waals surface area contributed by atoms with E-state index in [-0.39, 0.29) is 0 Å². The highest BCUT2D eigenvalue weighted by Crippen LogP contribution is 2.39. The van der Waals surface area contributed by atoms with E-state index in [2.05, 4.69) is 86.9 Å². The SMILES string of the molecule is C/C=C\C(=C/C)c1nc(-c2ccccc2)nc(-n2c3ccc(B4OC(C)(C)C(C)(C)O4)cc3c3c4ccccc4ccc32)n1. The average molecular weight is 579 g/mol. The Morgan fingerprint density at radius 3 is 2.18 bits per heavy atom. The number of hydrogen-bond acceptors (Lipinski definition) is 5. The number of fused-ring (bicyclic) bond motifs is 5. The number of rotatable bonds is 5. The summed E-state index contributed by atoms with van der Waals surface area (Å²) in [7, 11) is -0.468. The van der Waals surface area contributed by atoms with Crippen LogP contribution in [0.25, 0.3) is 55.5 Å². The van der Waals surface area contributed by atoms with Gasteiger partial charge in [0.25, 0.3) is 0 Å². The summed E-state index contributed by atoms with van der Waals surface area (Å²) in [6.07, 6.45) is 6.07. The van der Waals surface area contributed by atoms with Gasteiger partial charge in [0, 0.05) is 21.9 Å². The molecule has 0 saturated carbocycles. The van der Waals surface area contributed by atoms with Crippen LogP contribution in [0, 0.1) is 0 Å². The summed E-state index contributed by atoms with van der Waals surface area (Å²) >= 11 is 0. The second-order valence-electron chi connectivity index (χ2n) is 12.3. The summed E-state index contributed by atoms with van der Waals surface area (Å²) in [6, 6.07) is 29.4. The molecule has 7 heteroatoms. The first-order valence-corrected chi connectivity index (χ1v) is 15.1. The molecular formula is C37H35BN4O2. The molecule has 0 N–H and O–H groups in total. The molecule has 4 aromatic carbocycles. The molecule has 1 fully saturated rings. The van der Waals surface area contributed by atoms with Gasteiger partial charge in [0.2, 0.25) is 5.95 Å². The Balaban J connectivity index is 1.53. The summed E-state index contributed by atoms with van der Waals surface area (Å²) in [4.78, 5) is 15.1. The highest BCUT2D eigenvalue weighted by atomic mass is 16.7. The molecule has 0 radical (unpaired) electrons. The van der Waals surface area contributed by atoms with Crippen molar-refractivity contribution in [1.29, 1.82) is 0 Å². The fourth-order valence-electron chi connectivity index (χ4n) is 5.94. The molecule has 0 bridgehead atoms.